The molecule has 2 aromatic heterocycles. The van der Waals surface area contributed by atoms with E-state index in [1.54, 1.807) is 12.3 Å². The number of aromatic amines is 1. The molecule has 26 heavy (non-hydrogen) atoms. The normalized spacial score (nSPS) is 18.5. The van der Waals surface area contributed by atoms with Gasteiger partial charge in [-0.15, -0.1) is 5.10 Å². The zero-order valence-corrected chi connectivity index (χ0v) is 15.9. The molecule has 1 aromatic carbocycles. The molecule has 0 saturated heterocycles. The van der Waals surface area contributed by atoms with Gasteiger partial charge >= 0.3 is 0 Å². The van der Waals surface area contributed by atoms with Crippen LogP contribution >= 0.6 is 15.9 Å². The molecular weight excluding hydrogens is 392 g/mol. The fraction of sp³-hybridized carbons (Fsp3) is 0.150. The van der Waals surface area contributed by atoms with Gasteiger partial charge in [0.2, 0.25) is 0 Å². The van der Waals surface area contributed by atoms with E-state index < -0.39 is 0 Å². The van der Waals surface area contributed by atoms with Gasteiger partial charge in [-0.3, -0.25) is 4.99 Å². The highest BCUT2D eigenvalue weighted by Gasteiger charge is 2.26. The summed E-state index contributed by atoms with van der Waals surface area (Å²) in [5.41, 5.74) is 5.72. The van der Waals surface area contributed by atoms with Crippen LogP contribution in [-0.2, 0) is 0 Å². The van der Waals surface area contributed by atoms with Crippen LogP contribution in [0.5, 0.6) is 5.75 Å². The van der Waals surface area contributed by atoms with E-state index in [4.69, 9.17) is 4.99 Å². The Labute approximate surface area is 159 Å². The van der Waals surface area contributed by atoms with E-state index in [0.29, 0.717) is 4.47 Å². The average molecular weight is 409 g/mol. The van der Waals surface area contributed by atoms with Crippen molar-refractivity contribution in [2.45, 2.75) is 19.9 Å². The summed E-state index contributed by atoms with van der Waals surface area (Å²) < 4.78 is 0.646. The van der Waals surface area contributed by atoms with Crippen LogP contribution in [0.25, 0.3) is 16.6 Å². The Morgan fingerprint density at radius 3 is 2.85 bits per heavy atom. The second-order valence-electron chi connectivity index (χ2n) is 6.06. The fourth-order valence-corrected chi connectivity index (χ4v) is 3.77. The molecule has 1 atom stereocenters. The summed E-state index contributed by atoms with van der Waals surface area (Å²) in [4.78, 5) is 8.27. The van der Waals surface area contributed by atoms with E-state index in [0.717, 1.165) is 39.0 Å². The summed E-state index contributed by atoms with van der Waals surface area (Å²) in [5.74, 6) is 0.208. The summed E-state index contributed by atoms with van der Waals surface area (Å²) in [5, 5.41) is 19.3. The van der Waals surface area contributed by atoms with Crippen molar-refractivity contribution in [1.82, 2.24) is 15.2 Å². The van der Waals surface area contributed by atoms with E-state index in [1.807, 2.05) is 44.3 Å². The maximum absolute atomic E-state index is 9.86. The Balaban J connectivity index is 2.06. The van der Waals surface area contributed by atoms with E-state index in [2.05, 4.69) is 37.2 Å². The Morgan fingerprint density at radius 2 is 2.12 bits per heavy atom. The number of aromatic hydroxyl groups is 1. The minimum absolute atomic E-state index is 0.208. The standard InChI is InChI=1S/C20H17BrN4O/c1-3-5-16-12(4-2)13-10-23-25-20-18(13)14(9-22-20)19(24-16)11-6-7-17(26)15(21)8-11/h3-10,19,26H,1-2H3,(H,22,25)/b5-3-,12-4-. The van der Waals surface area contributed by atoms with Crippen LogP contribution in [0, 0.1) is 0 Å². The highest BCUT2D eigenvalue weighted by Crippen LogP contribution is 2.40. The molecule has 3 heterocycles. The molecule has 0 amide bonds. The van der Waals surface area contributed by atoms with Crippen LogP contribution in [0.2, 0.25) is 0 Å². The first-order chi connectivity index (χ1) is 12.6. The Kier molecular flexibility index (Phi) is 4.20. The quantitative estimate of drug-likeness (QED) is 0.629. The molecule has 0 spiro atoms. The highest BCUT2D eigenvalue weighted by molar-refractivity contribution is 9.10. The van der Waals surface area contributed by atoms with Gasteiger partial charge in [0.25, 0.3) is 0 Å². The number of hydrogen-bond acceptors (Lipinski definition) is 4. The van der Waals surface area contributed by atoms with Crippen LogP contribution in [0.15, 0.2) is 58.3 Å². The lowest BCUT2D eigenvalue weighted by Gasteiger charge is -2.13. The Morgan fingerprint density at radius 1 is 1.27 bits per heavy atom. The minimum Gasteiger partial charge on any atom is -0.507 e. The zero-order chi connectivity index (χ0) is 18.3. The lowest BCUT2D eigenvalue weighted by atomic mass is 9.96. The molecule has 0 aliphatic carbocycles. The number of rotatable bonds is 2. The van der Waals surface area contributed by atoms with Crippen LogP contribution in [0.1, 0.15) is 36.6 Å². The number of phenolic OH excluding ortho intramolecular Hbond substituents is 1. The third kappa shape index (κ3) is 2.57. The first-order valence-corrected chi connectivity index (χ1v) is 9.12. The summed E-state index contributed by atoms with van der Waals surface area (Å²) in [6.07, 6.45) is 9.80. The molecule has 0 radical (unpaired) electrons. The van der Waals surface area contributed by atoms with Gasteiger partial charge in [-0.2, -0.15) is 5.10 Å². The number of aliphatic imine (C=N–C) groups is 1. The van der Waals surface area contributed by atoms with Crippen molar-refractivity contribution >= 4 is 38.2 Å². The van der Waals surface area contributed by atoms with Crippen LogP contribution in [-0.4, -0.2) is 26.0 Å². The molecular formula is C20H17BrN4O. The number of nitrogens with zero attached hydrogens (tertiary/aromatic N) is 3. The number of aromatic nitrogens is 3. The van der Waals surface area contributed by atoms with Gasteiger partial charge in [-0.25, -0.2) is 0 Å². The van der Waals surface area contributed by atoms with Crippen molar-refractivity contribution in [3.05, 3.63) is 70.0 Å². The molecule has 0 fully saturated rings. The highest BCUT2D eigenvalue weighted by atomic mass is 79.9. The topological polar surface area (TPSA) is 74.2 Å². The van der Waals surface area contributed by atoms with E-state index in [-0.39, 0.29) is 11.8 Å². The third-order valence-electron chi connectivity index (χ3n) is 4.53. The molecule has 130 valence electrons. The number of H-pyrrole nitrogens is 1. The third-order valence-corrected chi connectivity index (χ3v) is 5.17. The summed E-state index contributed by atoms with van der Waals surface area (Å²) in [6, 6.07) is 5.27. The number of benzene rings is 1. The maximum Gasteiger partial charge on any atom is 0.160 e. The Bertz CT molecular complexity index is 1090. The van der Waals surface area contributed by atoms with Gasteiger partial charge in [0, 0.05) is 28.3 Å². The van der Waals surface area contributed by atoms with Crippen molar-refractivity contribution in [2.75, 3.05) is 0 Å². The molecule has 0 bridgehead atoms. The SMILES string of the molecule is C/C=C\C1=NC(c2ccc(O)c(Br)c2)c2c[nH]c3nncc(c23)/C1=C/C. The first-order valence-electron chi connectivity index (χ1n) is 8.32. The number of phenols is 1. The predicted molar refractivity (Wildman–Crippen MR) is 107 cm³/mol. The van der Waals surface area contributed by atoms with Crippen molar-refractivity contribution in [1.29, 1.82) is 0 Å². The lowest BCUT2D eigenvalue weighted by Crippen LogP contribution is -2.02. The molecule has 4 rings (SSSR count). The van der Waals surface area contributed by atoms with Gasteiger partial charge in [0.1, 0.15) is 11.8 Å². The van der Waals surface area contributed by atoms with Gasteiger partial charge < -0.3 is 10.1 Å². The molecule has 3 aromatic rings. The number of halogens is 1. The summed E-state index contributed by atoms with van der Waals surface area (Å²) in [7, 11) is 0. The van der Waals surface area contributed by atoms with Gasteiger partial charge in [-0.1, -0.05) is 18.2 Å². The number of hydrogen-bond donors (Lipinski definition) is 2. The second kappa shape index (κ2) is 6.53. The number of allylic oxidation sites excluding steroid dienone is 4. The first kappa shape index (κ1) is 16.7. The fourth-order valence-electron chi connectivity index (χ4n) is 3.38. The van der Waals surface area contributed by atoms with Gasteiger partial charge in [-0.05, 0) is 53.5 Å². The summed E-state index contributed by atoms with van der Waals surface area (Å²) >= 11 is 3.41. The monoisotopic (exact) mass is 408 g/mol. The Hall–Kier alpha value is -2.73. The van der Waals surface area contributed by atoms with Crippen molar-refractivity contribution in [3.63, 3.8) is 0 Å². The molecule has 1 aliphatic heterocycles. The van der Waals surface area contributed by atoms with Crippen molar-refractivity contribution < 1.29 is 5.11 Å². The molecule has 2 N–H and O–H groups in total. The van der Waals surface area contributed by atoms with Crippen LogP contribution in [0.4, 0.5) is 0 Å². The largest absolute Gasteiger partial charge is 0.507 e. The maximum atomic E-state index is 9.86. The van der Waals surface area contributed by atoms with Crippen LogP contribution < -0.4 is 0 Å². The van der Waals surface area contributed by atoms with Gasteiger partial charge in [0.15, 0.2) is 5.65 Å². The second-order valence-corrected chi connectivity index (χ2v) is 6.91. The zero-order valence-electron chi connectivity index (χ0n) is 14.4. The van der Waals surface area contributed by atoms with E-state index >= 15 is 0 Å². The minimum atomic E-state index is -0.216. The molecule has 1 aliphatic rings. The average Bonchev–Trinajstić information content (AvgIpc) is 3.01. The van der Waals surface area contributed by atoms with E-state index in [1.165, 1.54) is 0 Å². The predicted octanol–water partition coefficient (Wildman–Crippen LogP) is 4.95. The molecule has 1 unspecified atom stereocenters. The molecule has 0 saturated carbocycles. The van der Waals surface area contributed by atoms with E-state index in [9.17, 15) is 5.11 Å². The summed E-state index contributed by atoms with van der Waals surface area (Å²) in [6.45, 7) is 3.98. The molecule has 5 nitrogen and oxygen atoms in total. The smallest absolute Gasteiger partial charge is 0.160 e. The van der Waals surface area contributed by atoms with Crippen molar-refractivity contribution in [2.24, 2.45) is 4.99 Å². The number of nitrogens with one attached hydrogen (secondary N) is 1. The van der Waals surface area contributed by atoms with Crippen molar-refractivity contribution in [3.8, 4) is 5.75 Å². The molecule has 6 heteroatoms. The van der Waals surface area contributed by atoms with Crippen LogP contribution in [0.3, 0.4) is 0 Å². The van der Waals surface area contributed by atoms with Gasteiger partial charge in [0.05, 0.1) is 16.4 Å². The lowest BCUT2D eigenvalue weighted by molar-refractivity contribution is 0.471.